The van der Waals surface area contributed by atoms with E-state index in [9.17, 15) is 4.39 Å². The van der Waals surface area contributed by atoms with Gasteiger partial charge in [0.1, 0.15) is 11.6 Å². The minimum atomic E-state index is -0.305. The fraction of sp³-hybridized carbons (Fsp3) is 0.143. The van der Waals surface area contributed by atoms with E-state index in [1.807, 2.05) is 0 Å². The minimum absolute atomic E-state index is 0.305. The quantitative estimate of drug-likeness (QED) is 0.567. The van der Waals surface area contributed by atoms with Gasteiger partial charge in [-0.05, 0) is 12.1 Å². The number of hydrogen-bond acceptors (Lipinski definition) is 3. The highest BCUT2D eigenvalue weighted by molar-refractivity contribution is 8.68. The van der Waals surface area contributed by atoms with E-state index in [2.05, 4.69) is 11.7 Å². The molecule has 0 radical (unpaired) electrons. The van der Waals surface area contributed by atoms with Crippen LogP contribution in [0.1, 0.15) is 0 Å². The molecular formula is C7H7FOS2. The lowest BCUT2D eigenvalue weighted by atomic mass is 10.3. The maximum atomic E-state index is 12.7. The van der Waals surface area contributed by atoms with Crippen molar-refractivity contribution >= 4 is 22.5 Å². The van der Waals surface area contributed by atoms with Crippen LogP contribution in [-0.4, -0.2) is 7.11 Å². The second kappa shape index (κ2) is 3.88. The van der Waals surface area contributed by atoms with Gasteiger partial charge < -0.3 is 4.74 Å². The smallest absolute Gasteiger partial charge is 0.128 e. The summed E-state index contributed by atoms with van der Waals surface area (Å²) in [4.78, 5) is 0.741. The Morgan fingerprint density at radius 3 is 2.73 bits per heavy atom. The molecule has 0 heterocycles. The number of rotatable bonds is 2. The third-order valence-electron chi connectivity index (χ3n) is 1.19. The van der Waals surface area contributed by atoms with Gasteiger partial charge in [-0.25, -0.2) is 4.39 Å². The molecule has 0 bridgehead atoms. The molecule has 60 valence electrons. The van der Waals surface area contributed by atoms with Crippen LogP contribution in [0.3, 0.4) is 0 Å². The Bertz CT molecular complexity index is 230. The van der Waals surface area contributed by atoms with E-state index >= 15 is 0 Å². The van der Waals surface area contributed by atoms with E-state index in [-0.39, 0.29) is 5.82 Å². The van der Waals surface area contributed by atoms with E-state index in [1.54, 1.807) is 6.07 Å². The van der Waals surface area contributed by atoms with E-state index in [0.29, 0.717) is 5.75 Å². The summed E-state index contributed by atoms with van der Waals surface area (Å²) in [5.41, 5.74) is 0. The Morgan fingerprint density at radius 1 is 1.45 bits per heavy atom. The Kier molecular flexibility index (Phi) is 3.08. The van der Waals surface area contributed by atoms with Gasteiger partial charge in [-0.1, -0.05) is 10.8 Å². The van der Waals surface area contributed by atoms with Crippen LogP contribution < -0.4 is 4.74 Å². The highest BCUT2D eigenvalue weighted by Crippen LogP contribution is 2.26. The standard InChI is InChI=1S/C7H7FOS2/c1-9-6-2-5(8)3-7(4-6)11-10/h2-4,10H,1H3. The Balaban J connectivity index is 3.02. The molecule has 0 atom stereocenters. The van der Waals surface area contributed by atoms with Crippen molar-refractivity contribution < 1.29 is 9.13 Å². The minimum Gasteiger partial charge on any atom is -0.497 e. The molecule has 0 saturated carbocycles. The lowest BCUT2D eigenvalue weighted by Gasteiger charge is -2.01. The summed E-state index contributed by atoms with van der Waals surface area (Å²) in [6.45, 7) is 0. The van der Waals surface area contributed by atoms with Crippen molar-refractivity contribution in [2.75, 3.05) is 7.11 Å². The first-order valence-electron chi connectivity index (χ1n) is 2.92. The third kappa shape index (κ3) is 2.31. The van der Waals surface area contributed by atoms with E-state index in [4.69, 9.17) is 4.74 Å². The van der Waals surface area contributed by atoms with E-state index in [1.165, 1.54) is 30.0 Å². The van der Waals surface area contributed by atoms with Gasteiger partial charge >= 0.3 is 0 Å². The molecule has 0 aliphatic heterocycles. The van der Waals surface area contributed by atoms with Crippen molar-refractivity contribution in [1.29, 1.82) is 0 Å². The van der Waals surface area contributed by atoms with Crippen LogP contribution in [0.2, 0.25) is 0 Å². The summed E-state index contributed by atoms with van der Waals surface area (Å²) in [6, 6.07) is 4.45. The monoisotopic (exact) mass is 190 g/mol. The Labute approximate surface area is 73.8 Å². The van der Waals surface area contributed by atoms with Crippen LogP contribution >= 0.6 is 22.5 Å². The molecule has 0 amide bonds. The van der Waals surface area contributed by atoms with Crippen LogP contribution in [0, 0.1) is 5.82 Å². The molecule has 1 rings (SSSR count). The number of halogens is 1. The van der Waals surface area contributed by atoms with Crippen LogP contribution in [0.5, 0.6) is 5.75 Å². The summed E-state index contributed by atoms with van der Waals surface area (Å²) in [6.07, 6.45) is 0. The SMILES string of the molecule is COc1cc(F)cc(SS)c1. The fourth-order valence-corrected chi connectivity index (χ4v) is 1.36. The van der Waals surface area contributed by atoms with E-state index < -0.39 is 0 Å². The van der Waals surface area contributed by atoms with Gasteiger partial charge in [-0.15, -0.1) is 11.7 Å². The zero-order chi connectivity index (χ0) is 8.27. The lowest BCUT2D eigenvalue weighted by molar-refractivity contribution is 0.410. The number of benzene rings is 1. The average molecular weight is 190 g/mol. The molecular weight excluding hydrogens is 183 g/mol. The molecule has 0 spiro atoms. The van der Waals surface area contributed by atoms with Crippen LogP contribution in [0.25, 0.3) is 0 Å². The third-order valence-corrected chi connectivity index (χ3v) is 2.26. The molecule has 0 unspecified atom stereocenters. The zero-order valence-corrected chi connectivity index (χ0v) is 7.58. The highest BCUT2D eigenvalue weighted by Gasteiger charge is 1.98. The first-order valence-corrected chi connectivity index (χ1v) is 4.79. The highest BCUT2D eigenvalue weighted by atomic mass is 33.1. The van der Waals surface area contributed by atoms with Gasteiger partial charge in [0.2, 0.25) is 0 Å². The summed E-state index contributed by atoms with van der Waals surface area (Å²) in [5.74, 6) is 0.211. The predicted molar refractivity (Wildman–Crippen MR) is 47.8 cm³/mol. The van der Waals surface area contributed by atoms with Gasteiger partial charge in [0.15, 0.2) is 0 Å². The summed E-state index contributed by atoms with van der Waals surface area (Å²) in [5, 5.41) is 0. The molecule has 0 N–H and O–H groups in total. The van der Waals surface area contributed by atoms with E-state index in [0.717, 1.165) is 4.90 Å². The normalized spacial score (nSPS) is 9.73. The van der Waals surface area contributed by atoms with Crippen LogP contribution in [-0.2, 0) is 0 Å². The maximum Gasteiger partial charge on any atom is 0.128 e. The van der Waals surface area contributed by atoms with Crippen molar-refractivity contribution in [3.63, 3.8) is 0 Å². The van der Waals surface area contributed by atoms with Gasteiger partial charge in [0, 0.05) is 11.0 Å². The number of thiol groups is 1. The van der Waals surface area contributed by atoms with Gasteiger partial charge in [0.05, 0.1) is 7.11 Å². The van der Waals surface area contributed by atoms with Crippen molar-refractivity contribution in [2.45, 2.75) is 4.90 Å². The Hall–Kier alpha value is -0.350. The molecule has 1 aromatic carbocycles. The van der Waals surface area contributed by atoms with Crippen molar-refractivity contribution in [3.8, 4) is 5.75 Å². The predicted octanol–water partition coefficient (Wildman–Crippen LogP) is 2.77. The van der Waals surface area contributed by atoms with Gasteiger partial charge in [-0.3, -0.25) is 0 Å². The zero-order valence-electron chi connectivity index (χ0n) is 5.87. The van der Waals surface area contributed by atoms with Crippen molar-refractivity contribution in [1.82, 2.24) is 0 Å². The first kappa shape index (κ1) is 8.74. The first-order chi connectivity index (χ1) is 5.26. The molecule has 0 saturated heterocycles. The largest absolute Gasteiger partial charge is 0.497 e. The maximum absolute atomic E-state index is 12.7. The van der Waals surface area contributed by atoms with Crippen molar-refractivity contribution in [2.24, 2.45) is 0 Å². The van der Waals surface area contributed by atoms with Crippen molar-refractivity contribution in [3.05, 3.63) is 24.0 Å². The van der Waals surface area contributed by atoms with Crippen LogP contribution in [0.15, 0.2) is 23.1 Å². The van der Waals surface area contributed by atoms with Gasteiger partial charge in [0.25, 0.3) is 0 Å². The summed E-state index contributed by atoms with van der Waals surface area (Å²) < 4.78 is 17.5. The topological polar surface area (TPSA) is 9.23 Å². The molecule has 4 heteroatoms. The lowest BCUT2D eigenvalue weighted by Crippen LogP contribution is -1.84. The molecule has 0 fully saturated rings. The second-order valence-electron chi connectivity index (χ2n) is 1.92. The Morgan fingerprint density at radius 2 is 2.18 bits per heavy atom. The van der Waals surface area contributed by atoms with Crippen LogP contribution in [0.4, 0.5) is 4.39 Å². The molecule has 0 aliphatic carbocycles. The molecule has 11 heavy (non-hydrogen) atoms. The average Bonchev–Trinajstić information content (AvgIpc) is 2.03. The fourth-order valence-electron chi connectivity index (χ4n) is 0.708. The summed E-state index contributed by atoms with van der Waals surface area (Å²) >= 11 is 3.94. The number of hydrogen-bond donors (Lipinski definition) is 1. The molecule has 1 aromatic rings. The second-order valence-corrected chi connectivity index (χ2v) is 3.12. The molecule has 0 aromatic heterocycles. The number of ether oxygens (including phenoxy) is 1. The number of methoxy groups -OCH3 is 1. The molecule has 1 nitrogen and oxygen atoms in total. The van der Waals surface area contributed by atoms with Gasteiger partial charge in [-0.2, -0.15) is 0 Å². The summed E-state index contributed by atoms with van der Waals surface area (Å²) in [7, 11) is 2.69. The molecule has 0 aliphatic rings.